The normalized spacial score (nSPS) is 15.6. The lowest BCUT2D eigenvalue weighted by atomic mass is 10.0. The number of ether oxygens (including phenoxy) is 1. The van der Waals surface area contributed by atoms with E-state index in [1.54, 1.807) is 0 Å². The van der Waals surface area contributed by atoms with Crippen LogP contribution in [0.2, 0.25) is 0 Å². The van der Waals surface area contributed by atoms with Crippen molar-refractivity contribution in [3.8, 4) is 0 Å². The van der Waals surface area contributed by atoms with E-state index in [2.05, 4.69) is 4.74 Å². The van der Waals surface area contributed by atoms with Crippen LogP contribution in [0.5, 0.6) is 0 Å². The third-order valence-electron chi connectivity index (χ3n) is 1.74. The minimum atomic E-state index is -0.618. The van der Waals surface area contributed by atoms with E-state index in [1.165, 1.54) is 0 Å². The summed E-state index contributed by atoms with van der Waals surface area (Å²) in [7, 11) is 0. The molecule has 4 heteroatoms. The van der Waals surface area contributed by atoms with Gasteiger partial charge in [0.25, 0.3) is 0 Å². The number of nitrogens with two attached hydrogens (primary N) is 1. The molecule has 66 valence electrons. The summed E-state index contributed by atoms with van der Waals surface area (Å²) in [4.78, 5) is 10.8. The highest BCUT2D eigenvalue weighted by Gasteiger charge is 2.20. The minimum Gasteiger partial charge on any atom is -0.438 e. The zero-order valence-electron chi connectivity index (χ0n) is 6.91. The number of esters is 1. The molecule has 0 amide bonds. The van der Waals surface area contributed by atoms with E-state index < -0.39 is 18.8 Å². The van der Waals surface area contributed by atoms with Crippen molar-refractivity contribution in [2.24, 2.45) is 11.7 Å². The third kappa shape index (κ3) is 3.34. The van der Waals surface area contributed by atoms with Crippen molar-refractivity contribution in [3.63, 3.8) is 0 Å². The number of hydrogen-bond acceptors (Lipinski definition) is 4. The molecule has 0 aliphatic heterocycles. The predicted molar refractivity (Wildman–Crippen MR) is 40.6 cm³/mol. The summed E-state index contributed by atoms with van der Waals surface area (Å²) in [5, 5.41) is 8.24. The van der Waals surface area contributed by atoms with Gasteiger partial charge >= 0.3 is 5.97 Å². The SMILES string of the molecule is CCC(C)C(N)C(=O)OCO. The summed E-state index contributed by atoms with van der Waals surface area (Å²) in [5.41, 5.74) is 5.47. The fourth-order valence-electron chi connectivity index (χ4n) is 0.646. The van der Waals surface area contributed by atoms with Crippen LogP contribution in [0, 0.1) is 5.92 Å². The molecule has 0 rings (SSSR count). The number of aliphatic hydroxyl groups excluding tert-OH is 1. The Labute approximate surface area is 66.3 Å². The lowest BCUT2D eigenvalue weighted by molar-refractivity contribution is -0.154. The smallest absolute Gasteiger partial charge is 0.325 e. The first-order chi connectivity index (χ1) is 5.13. The van der Waals surface area contributed by atoms with Crippen molar-refractivity contribution in [1.29, 1.82) is 0 Å². The molecule has 0 saturated heterocycles. The molecule has 0 aromatic heterocycles. The lowest BCUT2D eigenvalue weighted by Crippen LogP contribution is -2.38. The quantitative estimate of drug-likeness (QED) is 0.444. The lowest BCUT2D eigenvalue weighted by Gasteiger charge is -2.15. The molecule has 0 aromatic rings. The largest absolute Gasteiger partial charge is 0.438 e. The number of carbonyl (C=O) groups excluding carboxylic acids is 1. The van der Waals surface area contributed by atoms with Gasteiger partial charge in [0, 0.05) is 0 Å². The van der Waals surface area contributed by atoms with Crippen LogP contribution in [-0.2, 0) is 9.53 Å². The molecule has 0 aliphatic rings. The maximum atomic E-state index is 10.8. The molecule has 0 saturated carbocycles. The maximum Gasteiger partial charge on any atom is 0.325 e. The highest BCUT2D eigenvalue weighted by Crippen LogP contribution is 2.06. The maximum absolute atomic E-state index is 10.8. The first-order valence-electron chi connectivity index (χ1n) is 3.66. The highest BCUT2D eigenvalue weighted by molar-refractivity contribution is 5.75. The Bertz CT molecular complexity index is 127. The van der Waals surface area contributed by atoms with E-state index in [1.807, 2.05) is 13.8 Å². The molecule has 0 aliphatic carbocycles. The number of aliphatic hydroxyl groups is 1. The second-order valence-electron chi connectivity index (χ2n) is 2.50. The first-order valence-corrected chi connectivity index (χ1v) is 3.66. The number of rotatable bonds is 4. The topological polar surface area (TPSA) is 72.6 Å². The standard InChI is InChI=1S/C7H15NO3/c1-3-5(2)6(8)7(10)11-4-9/h5-6,9H,3-4,8H2,1-2H3. The van der Waals surface area contributed by atoms with Gasteiger partial charge in [-0.3, -0.25) is 4.79 Å². The van der Waals surface area contributed by atoms with Gasteiger partial charge in [-0.15, -0.1) is 0 Å². The molecule has 0 radical (unpaired) electrons. The van der Waals surface area contributed by atoms with E-state index in [4.69, 9.17) is 10.8 Å². The van der Waals surface area contributed by atoms with Gasteiger partial charge in [0.2, 0.25) is 0 Å². The van der Waals surface area contributed by atoms with Crippen molar-refractivity contribution in [2.75, 3.05) is 6.79 Å². The predicted octanol–water partition coefficient (Wildman–Crippen LogP) is -0.147. The van der Waals surface area contributed by atoms with Gasteiger partial charge in [-0.2, -0.15) is 0 Å². The Balaban J connectivity index is 3.80. The van der Waals surface area contributed by atoms with Crippen molar-refractivity contribution in [1.82, 2.24) is 0 Å². The summed E-state index contributed by atoms with van der Waals surface area (Å²) in [5.74, 6) is -0.448. The summed E-state index contributed by atoms with van der Waals surface area (Å²) in [6.07, 6.45) is 0.821. The van der Waals surface area contributed by atoms with E-state index in [-0.39, 0.29) is 5.92 Å². The van der Waals surface area contributed by atoms with Gasteiger partial charge in [0.1, 0.15) is 6.04 Å². The van der Waals surface area contributed by atoms with Gasteiger partial charge < -0.3 is 15.6 Å². The minimum absolute atomic E-state index is 0.0917. The van der Waals surface area contributed by atoms with Crippen LogP contribution in [0.3, 0.4) is 0 Å². The Kier molecular flexibility index (Phi) is 4.81. The van der Waals surface area contributed by atoms with Crippen molar-refractivity contribution in [2.45, 2.75) is 26.3 Å². The average Bonchev–Trinajstić information content (AvgIpc) is 2.02. The Hall–Kier alpha value is -0.610. The van der Waals surface area contributed by atoms with Gasteiger partial charge in [-0.25, -0.2) is 0 Å². The average molecular weight is 161 g/mol. The fourth-order valence-corrected chi connectivity index (χ4v) is 0.646. The first kappa shape index (κ1) is 10.4. The van der Waals surface area contributed by atoms with Crippen LogP contribution < -0.4 is 5.73 Å². The van der Waals surface area contributed by atoms with Crippen LogP contribution in [0.1, 0.15) is 20.3 Å². The molecule has 0 spiro atoms. The molecule has 0 bridgehead atoms. The van der Waals surface area contributed by atoms with Gasteiger partial charge in [-0.1, -0.05) is 20.3 Å². The van der Waals surface area contributed by atoms with Crippen molar-refractivity contribution >= 4 is 5.97 Å². The van der Waals surface area contributed by atoms with Crippen LogP contribution in [0.4, 0.5) is 0 Å². The fraction of sp³-hybridized carbons (Fsp3) is 0.857. The van der Waals surface area contributed by atoms with Gasteiger partial charge in [0.15, 0.2) is 6.79 Å². The Morgan fingerprint density at radius 3 is 2.64 bits per heavy atom. The van der Waals surface area contributed by atoms with Gasteiger partial charge in [0.05, 0.1) is 0 Å². The van der Waals surface area contributed by atoms with Crippen molar-refractivity contribution in [3.05, 3.63) is 0 Å². The zero-order chi connectivity index (χ0) is 8.85. The van der Waals surface area contributed by atoms with Crippen molar-refractivity contribution < 1.29 is 14.6 Å². The second kappa shape index (κ2) is 5.09. The van der Waals surface area contributed by atoms with Crippen LogP contribution in [0.25, 0.3) is 0 Å². The number of hydrogen-bond donors (Lipinski definition) is 2. The summed E-state index contributed by atoms with van der Waals surface area (Å²) in [6, 6.07) is -0.618. The molecule has 4 nitrogen and oxygen atoms in total. The molecule has 0 heterocycles. The van der Waals surface area contributed by atoms with Crippen LogP contribution in [0.15, 0.2) is 0 Å². The summed E-state index contributed by atoms with van der Waals surface area (Å²) < 4.78 is 4.32. The molecular weight excluding hydrogens is 146 g/mol. The zero-order valence-corrected chi connectivity index (χ0v) is 6.91. The molecule has 0 fully saturated rings. The second-order valence-corrected chi connectivity index (χ2v) is 2.50. The number of carbonyl (C=O) groups is 1. The molecule has 0 aromatic carbocycles. The summed E-state index contributed by atoms with van der Waals surface area (Å²) >= 11 is 0. The van der Waals surface area contributed by atoms with E-state index in [0.29, 0.717) is 0 Å². The molecule has 2 unspecified atom stereocenters. The molecule has 2 atom stereocenters. The Morgan fingerprint density at radius 2 is 2.27 bits per heavy atom. The monoisotopic (exact) mass is 161 g/mol. The third-order valence-corrected chi connectivity index (χ3v) is 1.74. The van der Waals surface area contributed by atoms with Gasteiger partial charge in [-0.05, 0) is 5.92 Å². The molecule has 11 heavy (non-hydrogen) atoms. The highest BCUT2D eigenvalue weighted by atomic mass is 16.6. The summed E-state index contributed by atoms with van der Waals surface area (Å²) in [6.45, 7) is 3.21. The molecular formula is C7H15NO3. The van der Waals surface area contributed by atoms with E-state index >= 15 is 0 Å². The van der Waals surface area contributed by atoms with Crippen LogP contribution in [-0.4, -0.2) is 23.9 Å². The van der Waals surface area contributed by atoms with Crippen LogP contribution >= 0.6 is 0 Å². The van der Waals surface area contributed by atoms with E-state index in [0.717, 1.165) is 6.42 Å². The molecule has 3 N–H and O–H groups in total. The Morgan fingerprint density at radius 1 is 1.73 bits per heavy atom. The van der Waals surface area contributed by atoms with E-state index in [9.17, 15) is 4.79 Å².